The van der Waals surface area contributed by atoms with E-state index >= 15 is 0 Å². The monoisotopic (exact) mass is 258 g/mol. The zero-order valence-electron chi connectivity index (χ0n) is 11.0. The van der Waals surface area contributed by atoms with Crippen molar-refractivity contribution in [1.82, 2.24) is 14.9 Å². The quantitative estimate of drug-likeness (QED) is 0.835. The van der Waals surface area contributed by atoms with Gasteiger partial charge in [0.05, 0.1) is 0 Å². The van der Waals surface area contributed by atoms with Crippen molar-refractivity contribution in [2.75, 3.05) is 6.54 Å². The van der Waals surface area contributed by atoms with E-state index < -0.39 is 0 Å². The Balaban J connectivity index is 1.85. The van der Waals surface area contributed by atoms with Crippen LogP contribution in [0, 0.1) is 0 Å². The van der Waals surface area contributed by atoms with Gasteiger partial charge in [-0.1, -0.05) is 12.1 Å². The molecule has 2 aromatic rings. The fourth-order valence-corrected chi connectivity index (χ4v) is 1.82. The molecule has 0 fully saturated rings. The summed E-state index contributed by atoms with van der Waals surface area (Å²) in [6, 6.07) is 7.32. The molecule has 1 aromatic heterocycles. The molecule has 100 valence electrons. The minimum Gasteiger partial charge on any atom is -0.352 e. The topological polar surface area (TPSA) is 72.9 Å². The fourth-order valence-electron chi connectivity index (χ4n) is 1.82. The molecule has 0 unspecified atom stereocenters. The molecule has 0 aliphatic carbocycles. The van der Waals surface area contributed by atoms with Crippen LogP contribution in [0.4, 0.5) is 0 Å². The van der Waals surface area contributed by atoms with Gasteiger partial charge in [0.2, 0.25) is 0 Å². The first-order valence-electron chi connectivity index (χ1n) is 6.24. The average molecular weight is 258 g/mol. The van der Waals surface area contributed by atoms with E-state index in [0.717, 1.165) is 17.8 Å². The van der Waals surface area contributed by atoms with Crippen molar-refractivity contribution in [3.05, 3.63) is 53.6 Å². The van der Waals surface area contributed by atoms with Crippen LogP contribution in [0.25, 0.3) is 0 Å². The van der Waals surface area contributed by atoms with Crippen LogP contribution < -0.4 is 11.1 Å². The standard InChI is InChI=1S/C14H18N4O/c1-18-9-8-16-13(18)6-7-17-14(19)12-4-2-11(10-15)3-5-12/h2-5,8-9H,6-7,10,15H2,1H3,(H,17,19). The van der Waals surface area contributed by atoms with Gasteiger partial charge in [-0.3, -0.25) is 4.79 Å². The molecule has 0 radical (unpaired) electrons. The molecular formula is C14H18N4O. The van der Waals surface area contributed by atoms with Crippen LogP contribution in [0.5, 0.6) is 0 Å². The van der Waals surface area contributed by atoms with Crippen LogP contribution in [0.1, 0.15) is 21.7 Å². The summed E-state index contributed by atoms with van der Waals surface area (Å²) in [6.07, 6.45) is 4.36. The third-order valence-corrected chi connectivity index (χ3v) is 3.01. The molecule has 0 spiro atoms. The van der Waals surface area contributed by atoms with Crippen molar-refractivity contribution in [2.45, 2.75) is 13.0 Å². The van der Waals surface area contributed by atoms with Crippen LogP contribution in [0.2, 0.25) is 0 Å². The highest BCUT2D eigenvalue weighted by molar-refractivity contribution is 5.94. The Morgan fingerprint density at radius 1 is 1.37 bits per heavy atom. The number of nitrogens with one attached hydrogen (secondary N) is 1. The summed E-state index contributed by atoms with van der Waals surface area (Å²) in [5.41, 5.74) is 7.18. The largest absolute Gasteiger partial charge is 0.352 e. The van der Waals surface area contributed by atoms with Gasteiger partial charge in [0.25, 0.3) is 5.91 Å². The summed E-state index contributed by atoms with van der Waals surface area (Å²) in [5.74, 6) is 0.886. The van der Waals surface area contributed by atoms with Crippen molar-refractivity contribution in [3.63, 3.8) is 0 Å². The molecule has 19 heavy (non-hydrogen) atoms. The maximum absolute atomic E-state index is 11.9. The highest BCUT2D eigenvalue weighted by atomic mass is 16.1. The van der Waals surface area contributed by atoms with Crippen molar-refractivity contribution < 1.29 is 4.79 Å². The Kier molecular flexibility index (Phi) is 4.30. The molecule has 0 saturated heterocycles. The maximum Gasteiger partial charge on any atom is 0.251 e. The second-order valence-electron chi connectivity index (χ2n) is 4.36. The van der Waals surface area contributed by atoms with E-state index in [1.165, 1.54) is 0 Å². The lowest BCUT2D eigenvalue weighted by molar-refractivity contribution is 0.0954. The molecule has 2 rings (SSSR count). The molecule has 3 N–H and O–H groups in total. The van der Waals surface area contributed by atoms with Crippen molar-refractivity contribution in [3.8, 4) is 0 Å². The van der Waals surface area contributed by atoms with Crippen LogP contribution in [-0.2, 0) is 20.0 Å². The van der Waals surface area contributed by atoms with E-state index in [2.05, 4.69) is 10.3 Å². The van der Waals surface area contributed by atoms with E-state index in [1.54, 1.807) is 18.3 Å². The Morgan fingerprint density at radius 3 is 2.68 bits per heavy atom. The van der Waals surface area contributed by atoms with Crippen LogP contribution >= 0.6 is 0 Å². The lowest BCUT2D eigenvalue weighted by atomic mass is 10.1. The first-order valence-corrected chi connectivity index (χ1v) is 6.24. The number of aryl methyl sites for hydroxylation is 1. The summed E-state index contributed by atoms with van der Waals surface area (Å²) < 4.78 is 1.95. The van der Waals surface area contributed by atoms with Gasteiger partial charge < -0.3 is 15.6 Å². The highest BCUT2D eigenvalue weighted by Crippen LogP contribution is 2.03. The number of hydrogen-bond acceptors (Lipinski definition) is 3. The first-order chi connectivity index (χ1) is 9.20. The molecule has 0 saturated carbocycles. The van der Waals surface area contributed by atoms with E-state index in [4.69, 9.17) is 5.73 Å². The van der Waals surface area contributed by atoms with Crippen molar-refractivity contribution in [2.24, 2.45) is 12.8 Å². The lowest BCUT2D eigenvalue weighted by Crippen LogP contribution is -2.26. The van der Waals surface area contributed by atoms with E-state index in [1.807, 2.05) is 29.9 Å². The predicted octanol–water partition coefficient (Wildman–Crippen LogP) is 0.851. The number of carbonyl (C=O) groups is 1. The molecule has 0 bridgehead atoms. The molecule has 0 aliphatic rings. The number of nitrogens with zero attached hydrogens (tertiary/aromatic N) is 2. The number of amides is 1. The fraction of sp³-hybridized carbons (Fsp3) is 0.286. The number of imidazole rings is 1. The molecule has 5 nitrogen and oxygen atoms in total. The highest BCUT2D eigenvalue weighted by Gasteiger charge is 2.05. The van der Waals surface area contributed by atoms with Crippen LogP contribution in [0.3, 0.4) is 0 Å². The molecule has 1 aromatic carbocycles. The van der Waals surface area contributed by atoms with Gasteiger partial charge in [0, 0.05) is 44.5 Å². The van der Waals surface area contributed by atoms with E-state index in [9.17, 15) is 4.79 Å². The zero-order chi connectivity index (χ0) is 13.7. The summed E-state index contributed by atoms with van der Waals surface area (Å²) in [7, 11) is 1.94. The molecule has 0 aliphatic heterocycles. The third kappa shape index (κ3) is 3.42. The lowest BCUT2D eigenvalue weighted by Gasteiger charge is -2.06. The van der Waals surface area contributed by atoms with E-state index in [-0.39, 0.29) is 5.91 Å². The predicted molar refractivity (Wildman–Crippen MR) is 73.6 cm³/mol. The summed E-state index contributed by atoms with van der Waals surface area (Å²) in [6.45, 7) is 1.06. The van der Waals surface area contributed by atoms with Gasteiger partial charge in [-0.05, 0) is 17.7 Å². The van der Waals surface area contributed by atoms with Crippen LogP contribution in [0.15, 0.2) is 36.7 Å². The maximum atomic E-state index is 11.9. The van der Waals surface area contributed by atoms with Crippen molar-refractivity contribution >= 4 is 5.91 Å². The van der Waals surface area contributed by atoms with Gasteiger partial charge >= 0.3 is 0 Å². The second kappa shape index (κ2) is 6.15. The SMILES string of the molecule is Cn1ccnc1CCNC(=O)c1ccc(CN)cc1. The van der Waals surface area contributed by atoms with Gasteiger partial charge in [-0.25, -0.2) is 4.98 Å². The molecule has 0 atom stereocenters. The number of aromatic nitrogens is 2. The normalized spacial score (nSPS) is 10.4. The first kappa shape index (κ1) is 13.3. The minimum absolute atomic E-state index is 0.0715. The Hall–Kier alpha value is -2.14. The number of benzene rings is 1. The third-order valence-electron chi connectivity index (χ3n) is 3.01. The summed E-state index contributed by atoms with van der Waals surface area (Å²) in [5, 5.41) is 2.88. The number of carbonyl (C=O) groups excluding carboxylic acids is 1. The van der Waals surface area contributed by atoms with Gasteiger partial charge in [0.15, 0.2) is 0 Å². The smallest absolute Gasteiger partial charge is 0.251 e. The molecule has 1 amide bonds. The second-order valence-corrected chi connectivity index (χ2v) is 4.36. The molecular weight excluding hydrogens is 240 g/mol. The van der Waals surface area contributed by atoms with Crippen molar-refractivity contribution in [1.29, 1.82) is 0 Å². The Morgan fingerprint density at radius 2 is 2.11 bits per heavy atom. The Bertz CT molecular complexity index is 545. The number of rotatable bonds is 5. The summed E-state index contributed by atoms with van der Waals surface area (Å²) >= 11 is 0. The number of nitrogens with two attached hydrogens (primary N) is 1. The Labute approximate surface area is 112 Å². The van der Waals surface area contributed by atoms with Crippen LogP contribution in [-0.4, -0.2) is 22.0 Å². The van der Waals surface area contributed by atoms with Gasteiger partial charge in [-0.15, -0.1) is 0 Å². The number of hydrogen-bond donors (Lipinski definition) is 2. The average Bonchev–Trinajstić information content (AvgIpc) is 2.84. The molecule has 5 heteroatoms. The van der Waals surface area contributed by atoms with Gasteiger partial charge in [-0.2, -0.15) is 0 Å². The zero-order valence-corrected chi connectivity index (χ0v) is 11.0. The van der Waals surface area contributed by atoms with Gasteiger partial charge in [0.1, 0.15) is 5.82 Å². The molecule has 1 heterocycles. The van der Waals surface area contributed by atoms with E-state index in [0.29, 0.717) is 18.7 Å². The summed E-state index contributed by atoms with van der Waals surface area (Å²) in [4.78, 5) is 16.1. The minimum atomic E-state index is -0.0715.